The molecule has 1 heterocycles. The van der Waals surface area contributed by atoms with Crippen LogP contribution in [-0.2, 0) is 0 Å². The first kappa shape index (κ1) is 15.5. The van der Waals surface area contributed by atoms with E-state index in [1.54, 1.807) is 6.07 Å². The predicted octanol–water partition coefficient (Wildman–Crippen LogP) is 2.95. The molecule has 4 heteroatoms. The number of amides is 1. The molecule has 3 N–H and O–H groups in total. The van der Waals surface area contributed by atoms with Gasteiger partial charge in [0.15, 0.2) is 0 Å². The molecule has 1 aromatic heterocycles. The fraction of sp³-hybridized carbons (Fsp3) is 0.600. The van der Waals surface area contributed by atoms with Crippen molar-refractivity contribution < 1.29 is 4.79 Å². The maximum absolute atomic E-state index is 12.1. The van der Waals surface area contributed by atoms with Gasteiger partial charge in [-0.25, -0.2) is 4.98 Å². The lowest BCUT2D eigenvalue weighted by Gasteiger charge is -2.23. The highest BCUT2D eigenvalue weighted by molar-refractivity contribution is 5.94. The molecule has 0 fully saturated rings. The van der Waals surface area contributed by atoms with Crippen LogP contribution in [0.1, 0.15) is 63.0 Å². The molecule has 0 unspecified atom stereocenters. The Bertz CT molecular complexity index is 453. The Morgan fingerprint density at radius 1 is 1.42 bits per heavy atom. The largest absolute Gasteiger partial charge is 0.384 e. The van der Waals surface area contributed by atoms with E-state index >= 15 is 0 Å². The van der Waals surface area contributed by atoms with Crippen LogP contribution in [0, 0.1) is 5.41 Å². The molecule has 0 spiro atoms. The van der Waals surface area contributed by atoms with Gasteiger partial charge in [0, 0.05) is 17.8 Å². The summed E-state index contributed by atoms with van der Waals surface area (Å²) in [5.74, 6) is 0.561. The normalized spacial score (nSPS) is 11.7. The fourth-order valence-corrected chi connectivity index (χ4v) is 1.55. The van der Waals surface area contributed by atoms with Crippen LogP contribution in [0.3, 0.4) is 0 Å². The molecule has 1 rings (SSSR count). The van der Waals surface area contributed by atoms with Crippen LogP contribution in [0.4, 0.5) is 5.82 Å². The van der Waals surface area contributed by atoms with E-state index in [0.29, 0.717) is 17.9 Å². The highest BCUT2D eigenvalue weighted by Gasteiger charge is 2.17. The number of nitrogens with zero attached hydrogens (tertiary/aromatic N) is 1. The molecule has 1 amide bonds. The van der Waals surface area contributed by atoms with E-state index in [1.807, 2.05) is 19.9 Å². The molecular formula is C15H25N3O. The van der Waals surface area contributed by atoms with E-state index in [0.717, 1.165) is 12.1 Å². The number of aromatic nitrogens is 1. The summed E-state index contributed by atoms with van der Waals surface area (Å²) >= 11 is 0. The van der Waals surface area contributed by atoms with Crippen molar-refractivity contribution in [1.82, 2.24) is 10.3 Å². The van der Waals surface area contributed by atoms with Crippen LogP contribution in [0.15, 0.2) is 12.1 Å². The van der Waals surface area contributed by atoms with E-state index in [1.165, 1.54) is 0 Å². The van der Waals surface area contributed by atoms with Gasteiger partial charge in [-0.15, -0.1) is 0 Å². The molecule has 0 saturated carbocycles. The van der Waals surface area contributed by atoms with Crippen LogP contribution in [0.25, 0.3) is 0 Å². The first-order chi connectivity index (χ1) is 8.75. The molecule has 106 valence electrons. The Kier molecular flexibility index (Phi) is 4.92. The van der Waals surface area contributed by atoms with E-state index in [9.17, 15) is 4.79 Å². The average molecular weight is 263 g/mol. The monoisotopic (exact) mass is 263 g/mol. The quantitative estimate of drug-likeness (QED) is 0.858. The first-order valence-electron chi connectivity index (χ1n) is 6.81. The lowest BCUT2D eigenvalue weighted by Crippen LogP contribution is -2.33. The third kappa shape index (κ3) is 4.54. The second kappa shape index (κ2) is 6.04. The Balaban J connectivity index is 2.83. The first-order valence-corrected chi connectivity index (χ1v) is 6.81. The van der Waals surface area contributed by atoms with Gasteiger partial charge < -0.3 is 11.1 Å². The van der Waals surface area contributed by atoms with Gasteiger partial charge in [0.05, 0.1) is 0 Å². The number of hydrogen-bond acceptors (Lipinski definition) is 3. The van der Waals surface area contributed by atoms with Gasteiger partial charge in [-0.3, -0.25) is 4.79 Å². The number of nitrogen functional groups attached to an aromatic ring is 1. The highest BCUT2D eigenvalue weighted by Crippen LogP contribution is 2.19. The topological polar surface area (TPSA) is 68.0 Å². The highest BCUT2D eigenvalue weighted by atomic mass is 16.1. The molecule has 0 aliphatic carbocycles. The number of carbonyl (C=O) groups is 1. The lowest BCUT2D eigenvalue weighted by molar-refractivity contribution is 0.0935. The van der Waals surface area contributed by atoms with Gasteiger partial charge in [-0.2, -0.15) is 0 Å². The predicted molar refractivity (Wildman–Crippen MR) is 79.1 cm³/mol. The smallest absolute Gasteiger partial charge is 0.251 e. The summed E-state index contributed by atoms with van der Waals surface area (Å²) in [7, 11) is 0. The summed E-state index contributed by atoms with van der Waals surface area (Å²) in [5.41, 5.74) is 7.29. The molecule has 0 aliphatic heterocycles. The van der Waals surface area contributed by atoms with Crippen LogP contribution in [-0.4, -0.2) is 17.4 Å². The zero-order chi connectivity index (χ0) is 14.6. The minimum absolute atomic E-state index is 0.0856. The maximum Gasteiger partial charge on any atom is 0.251 e. The number of pyridine rings is 1. The Labute approximate surface area is 115 Å². The molecule has 0 bridgehead atoms. The SMILES string of the molecule is CCC(C)(C)CNC(=O)c1cc(N)nc(C(C)C)c1. The lowest BCUT2D eigenvalue weighted by atomic mass is 9.90. The van der Waals surface area contributed by atoms with Crippen molar-refractivity contribution in [3.05, 3.63) is 23.4 Å². The van der Waals surface area contributed by atoms with Gasteiger partial charge in [0.25, 0.3) is 5.91 Å². The van der Waals surface area contributed by atoms with Crippen LogP contribution < -0.4 is 11.1 Å². The summed E-state index contributed by atoms with van der Waals surface area (Å²) in [6.45, 7) is 11.1. The van der Waals surface area contributed by atoms with E-state index in [4.69, 9.17) is 5.73 Å². The summed E-state index contributed by atoms with van der Waals surface area (Å²) in [6.07, 6.45) is 1.02. The van der Waals surface area contributed by atoms with E-state index in [-0.39, 0.29) is 17.2 Å². The Morgan fingerprint density at radius 2 is 2.05 bits per heavy atom. The van der Waals surface area contributed by atoms with Gasteiger partial charge in [-0.05, 0) is 29.9 Å². The summed E-state index contributed by atoms with van der Waals surface area (Å²) in [4.78, 5) is 16.4. The molecule has 0 aliphatic rings. The number of hydrogen-bond donors (Lipinski definition) is 2. The number of carbonyl (C=O) groups excluding carboxylic acids is 1. The van der Waals surface area contributed by atoms with Gasteiger partial charge in [0.1, 0.15) is 5.82 Å². The number of nitrogens with one attached hydrogen (secondary N) is 1. The van der Waals surface area contributed by atoms with E-state index < -0.39 is 0 Å². The molecule has 0 saturated heterocycles. The molecule has 19 heavy (non-hydrogen) atoms. The van der Waals surface area contributed by atoms with Gasteiger partial charge in [0.2, 0.25) is 0 Å². The van der Waals surface area contributed by atoms with Crippen molar-refractivity contribution >= 4 is 11.7 Å². The molecule has 0 aromatic carbocycles. The average Bonchev–Trinajstić information content (AvgIpc) is 2.35. The zero-order valence-corrected chi connectivity index (χ0v) is 12.6. The van der Waals surface area contributed by atoms with Crippen molar-refractivity contribution in [2.24, 2.45) is 5.41 Å². The van der Waals surface area contributed by atoms with Crippen molar-refractivity contribution in [3.63, 3.8) is 0 Å². The Morgan fingerprint density at radius 3 is 2.58 bits per heavy atom. The Hall–Kier alpha value is -1.58. The van der Waals surface area contributed by atoms with Crippen LogP contribution in [0.5, 0.6) is 0 Å². The van der Waals surface area contributed by atoms with Crippen molar-refractivity contribution in [3.8, 4) is 0 Å². The molecule has 1 aromatic rings. The van der Waals surface area contributed by atoms with Crippen LogP contribution >= 0.6 is 0 Å². The molecule has 4 nitrogen and oxygen atoms in total. The standard InChI is InChI=1S/C15H25N3O/c1-6-15(4,5)9-17-14(19)11-7-12(10(2)3)18-13(16)8-11/h7-8,10H,6,9H2,1-5H3,(H2,16,18)(H,17,19). The van der Waals surface area contributed by atoms with Crippen molar-refractivity contribution in [2.75, 3.05) is 12.3 Å². The van der Waals surface area contributed by atoms with Crippen molar-refractivity contribution in [1.29, 1.82) is 0 Å². The maximum atomic E-state index is 12.1. The van der Waals surface area contributed by atoms with Gasteiger partial charge >= 0.3 is 0 Å². The minimum atomic E-state index is -0.0856. The summed E-state index contributed by atoms with van der Waals surface area (Å²) in [6, 6.07) is 3.44. The van der Waals surface area contributed by atoms with E-state index in [2.05, 4.69) is 31.1 Å². The molecule has 0 radical (unpaired) electrons. The zero-order valence-electron chi connectivity index (χ0n) is 12.6. The second-order valence-electron chi connectivity index (χ2n) is 6.06. The third-order valence-electron chi connectivity index (χ3n) is 3.40. The van der Waals surface area contributed by atoms with Crippen molar-refractivity contribution in [2.45, 2.75) is 47.0 Å². The molecule has 0 atom stereocenters. The second-order valence-corrected chi connectivity index (χ2v) is 6.06. The summed E-state index contributed by atoms with van der Waals surface area (Å²) in [5, 5.41) is 2.96. The number of nitrogens with two attached hydrogens (primary N) is 1. The fourth-order valence-electron chi connectivity index (χ4n) is 1.55. The van der Waals surface area contributed by atoms with Crippen LogP contribution in [0.2, 0.25) is 0 Å². The third-order valence-corrected chi connectivity index (χ3v) is 3.40. The number of rotatable bonds is 5. The number of anilines is 1. The summed E-state index contributed by atoms with van der Waals surface area (Å²) < 4.78 is 0. The molecular weight excluding hydrogens is 238 g/mol. The minimum Gasteiger partial charge on any atom is -0.384 e. The van der Waals surface area contributed by atoms with Gasteiger partial charge in [-0.1, -0.05) is 34.6 Å².